The Morgan fingerprint density at radius 1 is 0.424 bits per heavy atom. The molecule has 0 radical (unpaired) electrons. The van der Waals surface area contributed by atoms with Crippen molar-refractivity contribution in [2.75, 3.05) is 0 Å². The normalized spacial score (nSPS) is 13.1. The molecule has 1 aliphatic rings. The van der Waals surface area contributed by atoms with Crippen molar-refractivity contribution >= 4 is 75.9 Å². The molecule has 1 aliphatic carbocycles. The van der Waals surface area contributed by atoms with E-state index in [-0.39, 0.29) is 5.41 Å². The third kappa shape index (κ3) is 5.38. The maximum atomic E-state index is 5.68. The average molecular weight is 861 g/mol. The Bertz CT molecular complexity index is 4130. The molecule has 4 nitrogen and oxygen atoms in total. The number of hydrogen-bond donors (Lipinski definition) is 0. The first-order chi connectivity index (χ1) is 32.5. The van der Waals surface area contributed by atoms with Crippen molar-refractivity contribution in [2.24, 2.45) is 0 Å². The fourth-order valence-corrected chi connectivity index (χ4v) is 12.1. The summed E-state index contributed by atoms with van der Waals surface area (Å²) < 4.78 is 5.78. The molecule has 310 valence electrons. The molecular weight excluding hydrogens is 821 g/mol. The first-order valence-corrected chi connectivity index (χ1v) is 23.5. The average Bonchev–Trinajstić information content (AvgIpc) is 4.11. The lowest BCUT2D eigenvalue weighted by Gasteiger charge is -2.22. The third-order valence-corrected chi connectivity index (χ3v) is 15.3. The topological polar surface area (TPSA) is 35.6 Å². The first kappa shape index (κ1) is 37.3. The molecule has 5 heteroatoms. The number of benzene rings is 9. The highest BCUT2D eigenvalue weighted by molar-refractivity contribution is 7.22. The molecule has 4 aromatic heterocycles. The summed E-state index contributed by atoms with van der Waals surface area (Å²) in [5.74, 6) is 0.664. The Kier molecular flexibility index (Phi) is 7.87. The third-order valence-electron chi connectivity index (χ3n) is 14.1. The quantitative estimate of drug-likeness (QED) is 0.173. The summed E-state index contributed by atoms with van der Waals surface area (Å²) in [5, 5.41) is 7.16. The highest BCUT2D eigenvalue weighted by atomic mass is 32.1. The molecule has 0 saturated carbocycles. The standard InChI is InChI=1S/C61H40N4S/c1-61(2)50-23-13-11-21-44(50)45-29-26-41(35-51(45)61)57-59-52(36-56(66-59)38-16-5-3-6-17-38)62-60(63-57)65-55-32-28-40(34-49(55)47-30-25-37-15-9-10-20-43(37)58(47)65)39-27-31-54-48(33-39)46-22-12-14-24-53(46)64(54)42-18-7-4-8-19-42/h3-36H,1-2H3. The van der Waals surface area contributed by atoms with Gasteiger partial charge in [-0.05, 0) is 98.9 Å². The zero-order valence-electron chi connectivity index (χ0n) is 36.3. The van der Waals surface area contributed by atoms with Gasteiger partial charge in [-0.1, -0.05) is 166 Å². The maximum absolute atomic E-state index is 5.68. The summed E-state index contributed by atoms with van der Waals surface area (Å²) in [6.45, 7) is 4.69. The van der Waals surface area contributed by atoms with Crippen molar-refractivity contribution < 1.29 is 0 Å². The van der Waals surface area contributed by atoms with E-state index in [1.54, 1.807) is 11.3 Å². The van der Waals surface area contributed by atoms with Gasteiger partial charge in [0.15, 0.2) is 0 Å². The smallest absolute Gasteiger partial charge is 0.235 e. The highest BCUT2D eigenvalue weighted by Gasteiger charge is 2.35. The second-order valence-corrected chi connectivity index (χ2v) is 19.2. The van der Waals surface area contributed by atoms with Crippen LogP contribution in [0.25, 0.3) is 120 Å². The summed E-state index contributed by atoms with van der Waals surface area (Å²) >= 11 is 1.77. The van der Waals surface area contributed by atoms with E-state index >= 15 is 0 Å². The minimum absolute atomic E-state index is 0.144. The van der Waals surface area contributed by atoms with E-state index in [0.717, 1.165) is 49.1 Å². The molecule has 0 amide bonds. The van der Waals surface area contributed by atoms with Crippen LogP contribution in [0, 0.1) is 0 Å². The number of para-hydroxylation sites is 2. The van der Waals surface area contributed by atoms with Crippen LogP contribution in [0.5, 0.6) is 0 Å². The second kappa shape index (κ2) is 13.9. The summed E-state index contributed by atoms with van der Waals surface area (Å²) in [4.78, 5) is 12.4. The fraction of sp³-hybridized carbons (Fsp3) is 0.0492. The van der Waals surface area contributed by atoms with Gasteiger partial charge < -0.3 is 4.57 Å². The number of thiophene rings is 1. The predicted octanol–water partition coefficient (Wildman–Crippen LogP) is 16.3. The Balaban J connectivity index is 1.01. The first-order valence-electron chi connectivity index (χ1n) is 22.6. The summed E-state index contributed by atoms with van der Waals surface area (Å²) in [6.07, 6.45) is 0. The number of aromatic nitrogens is 4. The molecule has 66 heavy (non-hydrogen) atoms. The van der Waals surface area contributed by atoms with E-state index in [1.165, 1.54) is 76.2 Å². The number of hydrogen-bond acceptors (Lipinski definition) is 3. The number of fused-ring (bicyclic) bond motifs is 12. The van der Waals surface area contributed by atoms with E-state index in [2.05, 4.69) is 229 Å². The van der Waals surface area contributed by atoms with E-state index in [9.17, 15) is 0 Å². The van der Waals surface area contributed by atoms with Crippen molar-refractivity contribution in [2.45, 2.75) is 19.3 Å². The molecule has 4 heterocycles. The Hall–Kier alpha value is -8.12. The van der Waals surface area contributed by atoms with Crippen LogP contribution in [0.2, 0.25) is 0 Å². The Morgan fingerprint density at radius 3 is 1.88 bits per heavy atom. The van der Waals surface area contributed by atoms with Crippen LogP contribution < -0.4 is 0 Å². The Morgan fingerprint density at radius 2 is 1.06 bits per heavy atom. The molecule has 0 N–H and O–H groups in total. The highest BCUT2D eigenvalue weighted by Crippen LogP contribution is 2.50. The van der Waals surface area contributed by atoms with E-state index < -0.39 is 0 Å². The van der Waals surface area contributed by atoms with Gasteiger partial charge in [0, 0.05) is 48.5 Å². The fourth-order valence-electron chi connectivity index (χ4n) is 11.0. The molecule has 14 rings (SSSR count). The van der Waals surface area contributed by atoms with Gasteiger partial charge in [-0.2, -0.15) is 0 Å². The maximum Gasteiger partial charge on any atom is 0.235 e. The summed E-state index contributed by atoms with van der Waals surface area (Å²) in [6, 6.07) is 75.2. The van der Waals surface area contributed by atoms with Gasteiger partial charge in [-0.25, -0.2) is 9.97 Å². The van der Waals surface area contributed by atoms with Crippen molar-refractivity contribution in [3.63, 3.8) is 0 Å². The second-order valence-electron chi connectivity index (χ2n) is 18.2. The molecule has 0 saturated heterocycles. The van der Waals surface area contributed by atoms with Gasteiger partial charge >= 0.3 is 0 Å². The molecule has 0 spiro atoms. The van der Waals surface area contributed by atoms with Crippen LogP contribution >= 0.6 is 11.3 Å². The van der Waals surface area contributed by atoms with Gasteiger partial charge in [0.2, 0.25) is 5.95 Å². The lowest BCUT2D eigenvalue weighted by molar-refractivity contribution is 0.660. The molecule has 0 atom stereocenters. The van der Waals surface area contributed by atoms with E-state index in [0.29, 0.717) is 5.95 Å². The van der Waals surface area contributed by atoms with Crippen LogP contribution in [0.15, 0.2) is 206 Å². The lowest BCUT2D eigenvalue weighted by atomic mass is 9.82. The van der Waals surface area contributed by atoms with Gasteiger partial charge in [0.1, 0.15) is 0 Å². The van der Waals surface area contributed by atoms with Crippen molar-refractivity contribution in [1.29, 1.82) is 0 Å². The van der Waals surface area contributed by atoms with Crippen molar-refractivity contribution in [3.8, 4) is 55.6 Å². The SMILES string of the molecule is CC1(C)c2ccccc2-c2ccc(-c3nc(-n4c5ccc(-c6ccc7c(c6)c6ccccc6n7-c6ccccc6)cc5c5ccc6ccccc6c54)nc4cc(-c5ccccc5)sc34)cc21. The van der Waals surface area contributed by atoms with Gasteiger partial charge in [0.25, 0.3) is 0 Å². The summed E-state index contributed by atoms with van der Waals surface area (Å²) in [7, 11) is 0. The minimum Gasteiger partial charge on any atom is -0.309 e. The molecular formula is C61H40N4S. The van der Waals surface area contributed by atoms with Crippen LogP contribution in [-0.4, -0.2) is 19.1 Å². The minimum atomic E-state index is -0.144. The van der Waals surface area contributed by atoms with Crippen LogP contribution in [0.4, 0.5) is 0 Å². The van der Waals surface area contributed by atoms with Gasteiger partial charge in [-0.3, -0.25) is 4.57 Å². The zero-order valence-corrected chi connectivity index (χ0v) is 37.1. The zero-order chi connectivity index (χ0) is 43.7. The number of rotatable bonds is 5. The van der Waals surface area contributed by atoms with E-state index in [4.69, 9.17) is 9.97 Å². The largest absolute Gasteiger partial charge is 0.309 e. The Labute approximate surface area is 385 Å². The predicted molar refractivity (Wildman–Crippen MR) is 277 cm³/mol. The van der Waals surface area contributed by atoms with E-state index in [1.807, 2.05) is 0 Å². The molecule has 0 aliphatic heterocycles. The molecule has 13 aromatic rings. The van der Waals surface area contributed by atoms with Crippen LogP contribution in [-0.2, 0) is 5.41 Å². The number of nitrogens with zero attached hydrogens (tertiary/aromatic N) is 4. The van der Waals surface area contributed by atoms with Crippen molar-refractivity contribution in [1.82, 2.24) is 19.1 Å². The summed E-state index contributed by atoms with van der Waals surface area (Å²) in [5.41, 5.74) is 17.4. The molecule has 0 unspecified atom stereocenters. The molecule has 9 aromatic carbocycles. The van der Waals surface area contributed by atoms with Crippen LogP contribution in [0.3, 0.4) is 0 Å². The molecule has 0 fully saturated rings. The monoisotopic (exact) mass is 860 g/mol. The molecule has 0 bridgehead atoms. The van der Waals surface area contributed by atoms with Gasteiger partial charge in [0.05, 0.1) is 38.0 Å². The van der Waals surface area contributed by atoms with Crippen molar-refractivity contribution in [3.05, 3.63) is 217 Å². The lowest BCUT2D eigenvalue weighted by Crippen LogP contribution is -2.15. The van der Waals surface area contributed by atoms with Gasteiger partial charge in [-0.15, -0.1) is 11.3 Å². The van der Waals surface area contributed by atoms with Crippen LogP contribution in [0.1, 0.15) is 25.0 Å².